The highest BCUT2D eigenvalue weighted by Crippen LogP contribution is 2.28. The van der Waals surface area contributed by atoms with E-state index in [0.717, 1.165) is 62.6 Å². The summed E-state index contributed by atoms with van der Waals surface area (Å²) in [5.41, 5.74) is 3.90. The standard InChI is InChI=1S/C28H44N2O3/c1-7-11-23(18-21(4)20-31)14-16-25(13-10-12-22(8-2)9-3)30-26-17-15-24(28(32)33-6)19-27(26)29-5/h8,10,12,17,19-21,23-24,28,32H,5,7,9,11,13-16,18H2,1-4,6H3/b12-10-,22-8-,30-25-. The van der Waals surface area contributed by atoms with Gasteiger partial charge < -0.3 is 14.6 Å². The lowest BCUT2D eigenvalue weighted by molar-refractivity contribution is -0.111. The minimum atomic E-state index is -0.867. The van der Waals surface area contributed by atoms with E-state index >= 15 is 0 Å². The van der Waals surface area contributed by atoms with Gasteiger partial charge in [-0.05, 0) is 57.7 Å². The lowest BCUT2D eigenvalue weighted by atomic mass is 9.88. The smallest absolute Gasteiger partial charge is 0.160 e. The van der Waals surface area contributed by atoms with E-state index < -0.39 is 6.29 Å². The van der Waals surface area contributed by atoms with Gasteiger partial charge in [-0.3, -0.25) is 9.98 Å². The van der Waals surface area contributed by atoms with Crippen LogP contribution >= 0.6 is 0 Å². The summed E-state index contributed by atoms with van der Waals surface area (Å²) in [5.74, 6) is 0.451. The zero-order chi connectivity index (χ0) is 24.6. The van der Waals surface area contributed by atoms with Gasteiger partial charge in [0.1, 0.15) is 6.29 Å². The first-order valence-electron chi connectivity index (χ1n) is 12.4. The van der Waals surface area contributed by atoms with Gasteiger partial charge >= 0.3 is 0 Å². The summed E-state index contributed by atoms with van der Waals surface area (Å²) in [7, 11) is 1.49. The van der Waals surface area contributed by atoms with E-state index in [4.69, 9.17) is 9.73 Å². The highest BCUT2D eigenvalue weighted by atomic mass is 16.6. The highest BCUT2D eigenvalue weighted by Gasteiger charge is 2.22. The van der Waals surface area contributed by atoms with E-state index in [2.05, 4.69) is 50.7 Å². The minimum absolute atomic E-state index is 0.0911. The number of aliphatic imine (C=N–C) groups is 2. The molecule has 0 fully saturated rings. The number of methoxy groups -OCH3 is 1. The molecule has 0 aliphatic heterocycles. The summed E-state index contributed by atoms with van der Waals surface area (Å²) in [5, 5.41) is 10.0. The lowest BCUT2D eigenvalue weighted by Crippen LogP contribution is -2.22. The number of ether oxygens (including phenoxy) is 1. The quantitative estimate of drug-likeness (QED) is 0.123. The van der Waals surface area contributed by atoms with Crippen LogP contribution in [0.1, 0.15) is 79.1 Å². The van der Waals surface area contributed by atoms with Crippen molar-refractivity contribution in [3.8, 4) is 0 Å². The fourth-order valence-corrected chi connectivity index (χ4v) is 4.20. The van der Waals surface area contributed by atoms with Crippen LogP contribution in [-0.4, -0.2) is 37.2 Å². The van der Waals surface area contributed by atoms with Crippen molar-refractivity contribution in [3.05, 3.63) is 47.3 Å². The number of rotatable bonds is 16. The Morgan fingerprint density at radius 1 is 1.33 bits per heavy atom. The number of hydrogen-bond acceptors (Lipinski definition) is 5. The topological polar surface area (TPSA) is 71.2 Å². The molecule has 4 unspecified atom stereocenters. The fourth-order valence-electron chi connectivity index (χ4n) is 4.20. The van der Waals surface area contributed by atoms with Crippen LogP contribution in [0.3, 0.4) is 0 Å². The molecule has 0 aromatic rings. The van der Waals surface area contributed by atoms with Gasteiger partial charge in [0.25, 0.3) is 0 Å². The number of carbonyl (C=O) groups excluding carboxylic acids is 1. The molecule has 0 amide bonds. The first kappa shape index (κ1) is 28.9. The molecule has 0 aromatic heterocycles. The Bertz CT molecular complexity index is 761. The van der Waals surface area contributed by atoms with Crippen LogP contribution in [0.5, 0.6) is 0 Å². The molecule has 0 saturated carbocycles. The third-order valence-electron chi connectivity index (χ3n) is 6.21. The van der Waals surface area contributed by atoms with Crippen molar-refractivity contribution in [2.24, 2.45) is 27.7 Å². The van der Waals surface area contributed by atoms with Crippen molar-refractivity contribution >= 4 is 18.7 Å². The summed E-state index contributed by atoms with van der Waals surface area (Å²) >= 11 is 0. The first-order valence-corrected chi connectivity index (χ1v) is 12.4. The summed E-state index contributed by atoms with van der Waals surface area (Å²) < 4.78 is 5.07. The number of aliphatic hydroxyl groups is 1. The highest BCUT2D eigenvalue weighted by molar-refractivity contribution is 5.87. The van der Waals surface area contributed by atoms with Gasteiger partial charge in [0.15, 0.2) is 6.29 Å². The summed E-state index contributed by atoms with van der Waals surface area (Å²) in [6, 6.07) is 0. The molecule has 0 heterocycles. The third kappa shape index (κ3) is 10.6. The number of nitrogens with zero attached hydrogens (tertiary/aromatic N) is 2. The molecular weight excluding hydrogens is 412 g/mol. The molecule has 33 heavy (non-hydrogen) atoms. The zero-order valence-electron chi connectivity index (χ0n) is 21.3. The average molecular weight is 457 g/mol. The molecule has 0 radical (unpaired) electrons. The molecule has 5 nitrogen and oxygen atoms in total. The van der Waals surface area contributed by atoms with Gasteiger partial charge in [-0.2, -0.15) is 0 Å². The van der Waals surface area contributed by atoms with Crippen LogP contribution in [0.15, 0.2) is 57.3 Å². The first-order chi connectivity index (χ1) is 15.9. The molecule has 0 bridgehead atoms. The van der Waals surface area contributed by atoms with Crippen molar-refractivity contribution in [2.75, 3.05) is 7.11 Å². The molecule has 0 spiro atoms. The second-order valence-corrected chi connectivity index (χ2v) is 8.87. The molecule has 5 heteroatoms. The predicted octanol–water partition coefficient (Wildman–Crippen LogP) is 6.60. The van der Waals surface area contributed by atoms with Crippen LogP contribution in [0, 0.1) is 17.8 Å². The molecule has 4 atom stereocenters. The third-order valence-corrected chi connectivity index (χ3v) is 6.21. The monoisotopic (exact) mass is 456 g/mol. The van der Waals surface area contributed by atoms with Crippen LogP contribution in [0.2, 0.25) is 0 Å². The number of allylic oxidation sites excluding steroid dienone is 5. The largest absolute Gasteiger partial charge is 0.367 e. The molecule has 184 valence electrons. The van der Waals surface area contributed by atoms with E-state index in [1.807, 2.05) is 19.1 Å². The average Bonchev–Trinajstić information content (AvgIpc) is 2.84. The number of aliphatic hydroxyl groups excluding tert-OH is 1. The summed E-state index contributed by atoms with van der Waals surface area (Å²) in [6.45, 7) is 12.1. The fraction of sp³-hybridized carbons (Fsp3) is 0.607. The molecule has 0 aromatic carbocycles. The van der Waals surface area contributed by atoms with Crippen LogP contribution in [0.25, 0.3) is 0 Å². The van der Waals surface area contributed by atoms with Gasteiger partial charge in [-0.15, -0.1) is 0 Å². The summed E-state index contributed by atoms with van der Waals surface area (Å²) in [4.78, 5) is 20.3. The van der Waals surface area contributed by atoms with Gasteiger partial charge in [0.05, 0.1) is 11.4 Å². The molecular formula is C28H44N2O3. The Morgan fingerprint density at radius 2 is 2.09 bits per heavy atom. The van der Waals surface area contributed by atoms with E-state index in [1.165, 1.54) is 12.7 Å². The predicted molar refractivity (Wildman–Crippen MR) is 140 cm³/mol. The number of carbonyl (C=O) groups is 1. The van der Waals surface area contributed by atoms with Crippen molar-refractivity contribution < 1.29 is 14.6 Å². The summed E-state index contributed by atoms with van der Waals surface area (Å²) in [6.07, 6.45) is 18.1. The second kappa shape index (κ2) is 16.5. The van der Waals surface area contributed by atoms with E-state index in [0.29, 0.717) is 18.0 Å². The normalized spacial score (nSPS) is 20.2. The number of aldehydes is 1. The lowest BCUT2D eigenvalue weighted by Gasteiger charge is -2.22. The Hall–Kier alpha value is -2.11. The van der Waals surface area contributed by atoms with Crippen molar-refractivity contribution in [2.45, 2.75) is 85.4 Å². The molecule has 1 rings (SSSR count). The maximum atomic E-state index is 11.2. The van der Waals surface area contributed by atoms with Gasteiger partial charge in [0, 0.05) is 31.1 Å². The zero-order valence-corrected chi connectivity index (χ0v) is 21.3. The van der Waals surface area contributed by atoms with Gasteiger partial charge in [-0.25, -0.2) is 0 Å². The maximum Gasteiger partial charge on any atom is 0.160 e. The minimum Gasteiger partial charge on any atom is -0.367 e. The van der Waals surface area contributed by atoms with Crippen LogP contribution < -0.4 is 0 Å². The van der Waals surface area contributed by atoms with Crippen LogP contribution in [-0.2, 0) is 9.53 Å². The van der Waals surface area contributed by atoms with Crippen molar-refractivity contribution in [3.63, 3.8) is 0 Å². The SMILES string of the molecule is C=NC1=CC(C(O)OC)CC=C1/N=C(/C/C=C\C(=C/C)CC)CCC(CCC)CC(C)C=O. The Morgan fingerprint density at radius 3 is 2.67 bits per heavy atom. The van der Waals surface area contributed by atoms with Crippen molar-refractivity contribution in [1.82, 2.24) is 0 Å². The molecule has 1 aliphatic rings. The van der Waals surface area contributed by atoms with E-state index in [1.54, 1.807) is 0 Å². The van der Waals surface area contributed by atoms with Crippen molar-refractivity contribution in [1.29, 1.82) is 0 Å². The Kier molecular flexibility index (Phi) is 14.5. The molecule has 1 aliphatic carbocycles. The van der Waals surface area contributed by atoms with Gasteiger partial charge in [0.2, 0.25) is 0 Å². The van der Waals surface area contributed by atoms with E-state index in [9.17, 15) is 9.90 Å². The number of hydrogen-bond donors (Lipinski definition) is 1. The molecule has 1 N–H and O–H groups in total. The Balaban J connectivity index is 3.09. The van der Waals surface area contributed by atoms with Crippen LogP contribution in [0.4, 0.5) is 0 Å². The van der Waals surface area contributed by atoms with E-state index in [-0.39, 0.29) is 11.8 Å². The second-order valence-electron chi connectivity index (χ2n) is 8.87. The molecule has 0 saturated heterocycles. The maximum absolute atomic E-state index is 11.2. The van der Waals surface area contributed by atoms with Gasteiger partial charge in [-0.1, -0.05) is 63.5 Å². The Labute approximate surface area is 201 Å².